The zero-order valence-corrected chi connectivity index (χ0v) is 18.2. The van der Waals surface area contributed by atoms with Crippen LogP contribution in [0.1, 0.15) is 22.7 Å². The van der Waals surface area contributed by atoms with Crippen molar-refractivity contribution in [3.63, 3.8) is 0 Å². The average Bonchev–Trinajstić information content (AvgIpc) is 3.13. The molecule has 1 atom stereocenters. The SMILES string of the molecule is O=C1C(=O)N(CCc2ccc(F)cc2)C(c2cccnc2)/C1=C(/O)c1ccc2ccccc2c1. The van der Waals surface area contributed by atoms with Gasteiger partial charge in [-0.25, -0.2) is 4.39 Å². The van der Waals surface area contributed by atoms with Crippen molar-refractivity contribution in [3.8, 4) is 0 Å². The van der Waals surface area contributed by atoms with E-state index in [9.17, 15) is 19.1 Å². The number of aliphatic hydroxyl groups excluding tert-OH is 1. The molecule has 3 aromatic carbocycles. The van der Waals surface area contributed by atoms with Crippen LogP contribution in [-0.4, -0.2) is 33.2 Å². The van der Waals surface area contributed by atoms with Crippen LogP contribution in [0.4, 0.5) is 4.39 Å². The maximum absolute atomic E-state index is 13.3. The first-order chi connectivity index (χ1) is 16.5. The Bertz CT molecular complexity index is 1410. The minimum absolute atomic E-state index is 0.0346. The Morgan fingerprint density at radius 2 is 1.71 bits per heavy atom. The fourth-order valence-electron chi connectivity index (χ4n) is 4.39. The molecule has 1 fully saturated rings. The van der Waals surface area contributed by atoms with Crippen molar-refractivity contribution < 1.29 is 19.1 Å². The van der Waals surface area contributed by atoms with E-state index in [1.807, 2.05) is 30.3 Å². The summed E-state index contributed by atoms with van der Waals surface area (Å²) in [6.45, 7) is 0.226. The molecule has 0 radical (unpaired) electrons. The molecular formula is C28H21FN2O3. The molecule has 0 aliphatic carbocycles. The molecule has 0 bridgehead atoms. The Morgan fingerprint density at radius 3 is 2.44 bits per heavy atom. The lowest BCUT2D eigenvalue weighted by molar-refractivity contribution is -0.139. The zero-order valence-electron chi connectivity index (χ0n) is 18.2. The van der Waals surface area contributed by atoms with E-state index in [1.54, 1.807) is 48.8 Å². The molecule has 1 aliphatic rings. The van der Waals surface area contributed by atoms with Crippen LogP contribution in [0.5, 0.6) is 0 Å². The highest BCUT2D eigenvalue weighted by atomic mass is 19.1. The molecule has 5 rings (SSSR count). The standard InChI is InChI=1S/C28H21FN2O3/c29-23-11-7-18(8-12-23)13-15-31-25(22-6-3-14-30-17-22)24(27(33)28(31)34)26(32)21-10-9-19-4-1-2-5-20(19)16-21/h1-12,14,16-17,25,32H,13,15H2/b26-24-. The van der Waals surface area contributed by atoms with Crippen LogP contribution in [0.3, 0.4) is 0 Å². The second kappa shape index (κ2) is 8.90. The second-order valence-electron chi connectivity index (χ2n) is 8.22. The fraction of sp³-hybridized carbons (Fsp3) is 0.107. The Kier molecular flexibility index (Phi) is 5.64. The van der Waals surface area contributed by atoms with Gasteiger partial charge in [-0.15, -0.1) is 0 Å². The summed E-state index contributed by atoms with van der Waals surface area (Å²) in [7, 11) is 0. The van der Waals surface area contributed by atoms with Crippen molar-refractivity contribution in [1.29, 1.82) is 0 Å². The number of Topliss-reactive ketones (excluding diaryl/α,β-unsaturated/α-hetero) is 1. The number of benzene rings is 3. The molecule has 1 N–H and O–H groups in total. The van der Waals surface area contributed by atoms with E-state index < -0.39 is 17.7 Å². The zero-order chi connectivity index (χ0) is 23.7. The molecule has 2 heterocycles. The first-order valence-electron chi connectivity index (χ1n) is 10.9. The molecule has 0 saturated carbocycles. The maximum atomic E-state index is 13.3. The number of carbonyl (C=O) groups excluding carboxylic acids is 2. The number of ketones is 1. The normalized spacial score (nSPS) is 17.4. The van der Waals surface area contributed by atoms with E-state index >= 15 is 0 Å². The first-order valence-corrected chi connectivity index (χ1v) is 10.9. The molecule has 1 aromatic heterocycles. The Balaban J connectivity index is 1.57. The highest BCUT2D eigenvalue weighted by Gasteiger charge is 2.45. The van der Waals surface area contributed by atoms with Crippen LogP contribution < -0.4 is 0 Å². The third-order valence-corrected chi connectivity index (χ3v) is 6.12. The number of nitrogens with zero attached hydrogens (tertiary/aromatic N) is 2. The quantitative estimate of drug-likeness (QED) is 0.262. The van der Waals surface area contributed by atoms with Crippen LogP contribution in [-0.2, 0) is 16.0 Å². The van der Waals surface area contributed by atoms with E-state index in [-0.39, 0.29) is 23.7 Å². The summed E-state index contributed by atoms with van der Waals surface area (Å²) in [5.74, 6) is -1.98. The number of amides is 1. The molecule has 6 heteroatoms. The van der Waals surface area contributed by atoms with Gasteiger partial charge in [0.05, 0.1) is 11.6 Å². The molecule has 1 amide bonds. The number of likely N-dealkylation sites (tertiary alicyclic amines) is 1. The lowest BCUT2D eigenvalue weighted by Crippen LogP contribution is -2.31. The van der Waals surface area contributed by atoms with Crippen molar-refractivity contribution in [1.82, 2.24) is 9.88 Å². The van der Waals surface area contributed by atoms with Gasteiger partial charge in [-0.05, 0) is 52.6 Å². The van der Waals surface area contributed by atoms with E-state index in [1.165, 1.54) is 17.0 Å². The molecule has 1 saturated heterocycles. The number of halogens is 1. The van der Waals surface area contributed by atoms with Gasteiger partial charge in [0.1, 0.15) is 11.6 Å². The summed E-state index contributed by atoms with van der Waals surface area (Å²) < 4.78 is 13.3. The summed E-state index contributed by atoms with van der Waals surface area (Å²) in [6, 6.07) is 21.9. The highest BCUT2D eigenvalue weighted by molar-refractivity contribution is 6.46. The van der Waals surface area contributed by atoms with Crippen LogP contribution >= 0.6 is 0 Å². The van der Waals surface area contributed by atoms with Gasteiger partial charge >= 0.3 is 0 Å². The van der Waals surface area contributed by atoms with Crippen LogP contribution in [0.25, 0.3) is 16.5 Å². The summed E-state index contributed by atoms with van der Waals surface area (Å²) in [6.07, 6.45) is 3.63. The minimum atomic E-state index is -0.777. The third kappa shape index (κ3) is 3.94. The molecule has 168 valence electrons. The largest absolute Gasteiger partial charge is 0.507 e. The lowest BCUT2D eigenvalue weighted by Gasteiger charge is -2.25. The number of pyridine rings is 1. The topological polar surface area (TPSA) is 70.5 Å². The van der Waals surface area contributed by atoms with Gasteiger partial charge in [0.2, 0.25) is 0 Å². The van der Waals surface area contributed by atoms with Crippen molar-refractivity contribution in [2.75, 3.05) is 6.54 Å². The fourth-order valence-corrected chi connectivity index (χ4v) is 4.39. The molecule has 34 heavy (non-hydrogen) atoms. The van der Waals surface area contributed by atoms with Crippen LogP contribution in [0.2, 0.25) is 0 Å². The first kappa shape index (κ1) is 21.5. The predicted octanol–water partition coefficient (Wildman–Crippen LogP) is 5.04. The molecule has 5 nitrogen and oxygen atoms in total. The van der Waals surface area contributed by atoms with Gasteiger partial charge < -0.3 is 10.0 Å². The van der Waals surface area contributed by atoms with Gasteiger partial charge in [-0.1, -0.05) is 54.6 Å². The average molecular weight is 452 g/mol. The van der Waals surface area contributed by atoms with Crippen molar-refractivity contribution in [2.24, 2.45) is 0 Å². The summed E-state index contributed by atoms with van der Waals surface area (Å²) in [5, 5.41) is 13.2. The number of rotatable bonds is 5. The summed E-state index contributed by atoms with van der Waals surface area (Å²) in [5.41, 5.74) is 1.96. The van der Waals surface area contributed by atoms with Crippen LogP contribution in [0.15, 0.2) is 96.8 Å². The third-order valence-electron chi connectivity index (χ3n) is 6.12. The number of hydrogen-bond donors (Lipinski definition) is 1. The van der Waals surface area contributed by atoms with Gasteiger partial charge in [0.15, 0.2) is 0 Å². The van der Waals surface area contributed by atoms with E-state index in [0.717, 1.165) is 16.3 Å². The smallest absolute Gasteiger partial charge is 0.295 e. The number of aromatic nitrogens is 1. The predicted molar refractivity (Wildman–Crippen MR) is 127 cm³/mol. The van der Waals surface area contributed by atoms with Gasteiger partial charge in [0.25, 0.3) is 11.7 Å². The molecule has 0 spiro atoms. The Morgan fingerprint density at radius 1 is 0.941 bits per heavy atom. The van der Waals surface area contributed by atoms with Crippen molar-refractivity contribution >= 4 is 28.2 Å². The minimum Gasteiger partial charge on any atom is -0.507 e. The molecule has 1 unspecified atom stereocenters. The lowest BCUT2D eigenvalue weighted by atomic mass is 9.95. The number of aliphatic hydroxyl groups is 1. The Hall–Kier alpha value is -4.32. The van der Waals surface area contributed by atoms with Crippen molar-refractivity contribution in [2.45, 2.75) is 12.5 Å². The second-order valence-corrected chi connectivity index (χ2v) is 8.22. The number of fused-ring (bicyclic) bond motifs is 1. The maximum Gasteiger partial charge on any atom is 0.295 e. The number of carbonyl (C=O) groups is 2. The Labute approximate surface area is 195 Å². The molecule has 1 aliphatic heterocycles. The monoisotopic (exact) mass is 452 g/mol. The van der Waals surface area contributed by atoms with E-state index in [0.29, 0.717) is 17.5 Å². The molecule has 4 aromatic rings. The highest BCUT2D eigenvalue weighted by Crippen LogP contribution is 2.39. The van der Waals surface area contributed by atoms with Crippen LogP contribution in [0, 0.1) is 5.82 Å². The van der Waals surface area contributed by atoms with E-state index in [4.69, 9.17) is 0 Å². The summed E-state index contributed by atoms with van der Waals surface area (Å²) >= 11 is 0. The van der Waals surface area contributed by atoms with Gasteiger partial charge in [0, 0.05) is 24.5 Å². The summed E-state index contributed by atoms with van der Waals surface area (Å²) in [4.78, 5) is 31.8. The van der Waals surface area contributed by atoms with Gasteiger partial charge in [-0.2, -0.15) is 0 Å². The molecular weight excluding hydrogens is 431 g/mol. The van der Waals surface area contributed by atoms with Crippen molar-refractivity contribution in [3.05, 3.63) is 119 Å². The van der Waals surface area contributed by atoms with E-state index in [2.05, 4.69) is 4.98 Å². The van der Waals surface area contributed by atoms with Gasteiger partial charge in [-0.3, -0.25) is 14.6 Å². The number of hydrogen-bond acceptors (Lipinski definition) is 4.